The van der Waals surface area contributed by atoms with E-state index in [9.17, 15) is 28.7 Å². The zero-order chi connectivity index (χ0) is 27.9. The summed E-state index contributed by atoms with van der Waals surface area (Å²) in [6, 6.07) is 13.8. The highest BCUT2D eigenvalue weighted by Gasteiger charge is 2.51. The lowest BCUT2D eigenvalue weighted by molar-refractivity contribution is -0.191. The molecule has 0 aromatic heterocycles. The van der Waals surface area contributed by atoms with Crippen LogP contribution in [0.4, 0.5) is 9.18 Å². The minimum Gasteiger partial charge on any atom is -0.481 e. The van der Waals surface area contributed by atoms with Crippen molar-refractivity contribution in [2.75, 3.05) is 32.8 Å². The highest BCUT2D eigenvalue weighted by molar-refractivity contribution is 5.93. The van der Waals surface area contributed by atoms with Crippen molar-refractivity contribution in [3.63, 3.8) is 0 Å². The van der Waals surface area contributed by atoms with E-state index in [-0.39, 0.29) is 39.4 Å². The van der Waals surface area contributed by atoms with E-state index in [0.29, 0.717) is 12.1 Å². The van der Waals surface area contributed by atoms with Gasteiger partial charge in [-0.1, -0.05) is 55.5 Å². The number of carboxylic acids is 1. The molecule has 208 valence electrons. The number of urea groups is 1. The van der Waals surface area contributed by atoms with Gasteiger partial charge in [-0.15, -0.1) is 0 Å². The number of piperazine rings is 1. The summed E-state index contributed by atoms with van der Waals surface area (Å²) in [6.45, 7) is 2.33. The monoisotopic (exact) mass is 541 g/mol. The van der Waals surface area contributed by atoms with Gasteiger partial charge >= 0.3 is 12.0 Å². The van der Waals surface area contributed by atoms with Gasteiger partial charge in [-0.2, -0.15) is 0 Å². The molecular weight excluding hydrogens is 509 g/mol. The van der Waals surface area contributed by atoms with Crippen LogP contribution in [0.5, 0.6) is 0 Å². The molecule has 2 fully saturated rings. The summed E-state index contributed by atoms with van der Waals surface area (Å²) in [6.07, 6.45) is -1.50. The van der Waals surface area contributed by atoms with E-state index < -0.39 is 48.3 Å². The molecule has 4 amide bonds. The van der Waals surface area contributed by atoms with Crippen LogP contribution < -0.4 is 5.32 Å². The van der Waals surface area contributed by atoms with Crippen molar-refractivity contribution in [3.05, 3.63) is 71.5 Å². The lowest BCUT2D eigenvalue weighted by Gasteiger charge is -2.54. The topological polar surface area (TPSA) is 123 Å². The Morgan fingerprint density at radius 2 is 1.82 bits per heavy atom. The summed E-state index contributed by atoms with van der Waals surface area (Å²) < 4.78 is 19.5. The number of rotatable bonds is 10. The maximum atomic E-state index is 13.9. The van der Waals surface area contributed by atoms with Gasteiger partial charge in [0.25, 0.3) is 0 Å². The Hall–Kier alpha value is -4.03. The van der Waals surface area contributed by atoms with Crippen molar-refractivity contribution in [3.8, 4) is 0 Å². The molecular formula is C27H32FN5O6. The van der Waals surface area contributed by atoms with Gasteiger partial charge in [0, 0.05) is 25.2 Å². The third kappa shape index (κ3) is 6.52. The Bertz CT molecular complexity index is 1200. The first-order valence-corrected chi connectivity index (χ1v) is 12.8. The molecule has 2 saturated heterocycles. The van der Waals surface area contributed by atoms with E-state index in [1.807, 2.05) is 30.3 Å². The number of aliphatic carboxylic acids is 1. The molecule has 12 heteroatoms. The largest absolute Gasteiger partial charge is 0.481 e. The summed E-state index contributed by atoms with van der Waals surface area (Å²) in [4.78, 5) is 54.2. The molecule has 0 unspecified atom stereocenters. The minimum absolute atomic E-state index is 0.00106. The number of hydrogen-bond donors (Lipinski definition) is 2. The molecule has 0 spiro atoms. The van der Waals surface area contributed by atoms with E-state index in [4.69, 9.17) is 4.74 Å². The SMILES string of the molecule is CCN1CC(=O)N2[C@@H](CC(=O)O)C(=O)N(CCOCc3ccccc3F)C[C@@H]2N1C(=O)NCc1ccccc1. The number of nitrogens with one attached hydrogen (secondary N) is 1. The molecule has 4 rings (SSSR count). The third-order valence-electron chi connectivity index (χ3n) is 6.78. The van der Waals surface area contributed by atoms with Gasteiger partial charge in [0.2, 0.25) is 11.8 Å². The van der Waals surface area contributed by atoms with Gasteiger partial charge in [0.15, 0.2) is 0 Å². The molecule has 2 aliphatic heterocycles. The Morgan fingerprint density at radius 1 is 1.10 bits per heavy atom. The number of halogens is 1. The van der Waals surface area contributed by atoms with Gasteiger partial charge in [0.05, 0.1) is 32.7 Å². The minimum atomic E-state index is -1.27. The molecule has 39 heavy (non-hydrogen) atoms. The van der Waals surface area contributed by atoms with Gasteiger partial charge in [-0.05, 0) is 11.6 Å². The van der Waals surface area contributed by atoms with Crippen molar-refractivity contribution in [1.29, 1.82) is 0 Å². The molecule has 11 nitrogen and oxygen atoms in total. The third-order valence-corrected chi connectivity index (χ3v) is 6.78. The molecule has 2 N–H and O–H groups in total. The molecule has 0 radical (unpaired) electrons. The number of carboxylic acid groups (broad SMARTS) is 1. The Balaban J connectivity index is 1.52. The van der Waals surface area contributed by atoms with Crippen molar-refractivity contribution >= 4 is 23.8 Å². The predicted molar refractivity (Wildman–Crippen MR) is 137 cm³/mol. The first-order chi connectivity index (χ1) is 18.8. The lowest BCUT2D eigenvalue weighted by Crippen LogP contribution is -2.76. The summed E-state index contributed by atoms with van der Waals surface area (Å²) in [5.41, 5.74) is 1.25. The normalized spacial score (nSPS) is 19.7. The van der Waals surface area contributed by atoms with Crippen LogP contribution in [0.25, 0.3) is 0 Å². The number of ether oxygens (including phenoxy) is 1. The quantitative estimate of drug-likeness (QED) is 0.439. The fourth-order valence-corrected chi connectivity index (χ4v) is 4.86. The number of benzene rings is 2. The number of hydrogen-bond acceptors (Lipinski definition) is 6. The smallest absolute Gasteiger partial charge is 0.334 e. The number of likely N-dealkylation sites (N-methyl/N-ethyl adjacent to an activating group) is 1. The van der Waals surface area contributed by atoms with Gasteiger partial charge in [-0.25, -0.2) is 19.2 Å². The van der Waals surface area contributed by atoms with Crippen molar-refractivity contribution < 1.29 is 33.4 Å². The molecule has 2 aliphatic rings. The van der Waals surface area contributed by atoms with Crippen molar-refractivity contribution in [2.24, 2.45) is 0 Å². The van der Waals surface area contributed by atoms with Crippen LogP contribution in [-0.4, -0.2) is 93.7 Å². The van der Waals surface area contributed by atoms with Crippen LogP contribution in [0.2, 0.25) is 0 Å². The Kier molecular flexibility index (Phi) is 9.10. The number of hydrazine groups is 1. The van der Waals surface area contributed by atoms with Crippen LogP contribution >= 0.6 is 0 Å². The Morgan fingerprint density at radius 3 is 2.51 bits per heavy atom. The van der Waals surface area contributed by atoms with Gasteiger partial charge in [-0.3, -0.25) is 14.4 Å². The maximum Gasteiger partial charge on any atom is 0.334 e. The summed E-state index contributed by atoms with van der Waals surface area (Å²) in [5.74, 6) is -2.60. The maximum absolute atomic E-state index is 13.9. The summed E-state index contributed by atoms with van der Waals surface area (Å²) in [5, 5.41) is 15.4. The molecule has 2 aromatic carbocycles. The van der Waals surface area contributed by atoms with E-state index in [1.54, 1.807) is 30.1 Å². The second-order valence-corrected chi connectivity index (χ2v) is 9.29. The molecule has 2 aromatic rings. The van der Waals surface area contributed by atoms with Crippen LogP contribution in [-0.2, 0) is 32.3 Å². The fourth-order valence-electron chi connectivity index (χ4n) is 4.86. The summed E-state index contributed by atoms with van der Waals surface area (Å²) in [7, 11) is 0. The number of carbonyl (C=O) groups excluding carboxylic acids is 3. The zero-order valence-electron chi connectivity index (χ0n) is 21.7. The predicted octanol–water partition coefficient (Wildman–Crippen LogP) is 1.64. The van der Waals surface area contributed by atoms with Gasteiger partial charge < -0.3 is 25.0 Å². The number of fused-ring (bicyclic) bond motifs is 1. The number of amides is 4. The van der Waals surface area contributed by atoms with Gasteiger partial charge in [0.1, 0.15) is 18.0 Å². The van der Waals surface area contributed by atoms with Crippen LogP contribution in [0.15, 0.2) is 54.6 Å². The van der Waals surface area contributed by atoms with Crippen molar-refractivity contribution in [1.82, 2.24) is 25.1 Å². The number of carbonyl (C=O) groups is 4. The average Bonchev–Trinajstić information content (AvgIpc) is 2.92. The van der Waals surface area contributed by atoms with Crippen LogP contribution in [0, 0.1) is 5.82 Å². The van der Waals surface area contributed by atoms with E-state index >= 15 is 0 Å². The zero-order valence-corrected chi connectivity index (χ0v) is 21.7. The average molecular weight is 542 g/mol. The standard InChI is InChI=1S/C27H32FN5O6/c1-2-31-17-24(34)32-22(14-25(35)36)26(37)30(12-13-39-18-20-10-6-7-11-21(20)28)16-23(32)33(31)27(38)29-15-19-8-4-3-5-9-19/h3-11,22-23H,2,12-18H2,1H3,(H,29,38)(H,35,36)/t22-,23-/m0/s1. The highest BCUT2D eigenvalue weighted by atomic mass is 19.1. The molecule has 2 heterocycles. The van der Waals surface area contributed by atoms with E-state index in [1.165, 1.54) is 20.9 Å². The lowest BCUT2D eigenvalue weighted by atomic mass is 10.0. The molecule has 0 aliphatic carbocycles. The second-order valence-electron chi connectivity index (χ2n) is 9.29. The number of nitrogens with zero attached hydrogens (tertiary/aromatic N) is 4. The van der Waals surface area contributed by atoms with E-state index in [2.05, 4.69) is 5.32 Å². The second kappa shape index (κ2) is 12.7. The fraction of sp³-hybridized carbons (Fsp3) is 0.407. The van der Waals surface area contributed by atoms with E-state index in [0.717, 1.165) is 5.56 Å². The van der Waals surface area contributed by atoms with Crippen LogP contribution in [0.1, 0.15) is 24.5 Å². The molecule has 2 atom stereocenters. The van der Waals surface area contributed by atoms with Crippen molar-refractivity contribution in [2.45, 2.75) is 38.7 Å². The summed E-state index contributed by atoms with van der Waals surface area (Å²) >= 11 is 0. The highest BCUT2D eigenvalue weighted by Crippen LogP contribution is 2.28. The molecule has 0 bridgehead atoms. The molecule has 0 saturated carbocycles. The van der Waals surface area contributed by atoms with Crippen LogP contribution in [0.3, 0.4) is 0 Å². The first-order valence-electron chi connectivity index (χ1n) is 12.8. The Labute approximate surface area is 225 Å². The first kappa shape index (κ1) is 28.0.